The Bertz CT molecular complexity index is 416. The van der Waals surface area contributed by atoms with Crippen molar-refractivity contribution in [3.8, 4) is 5.75 Å². The molecule has 1 atom stereocenters. The van der Waals surface area contributed by atoms with Crippen LogP contribution in [0.4, 0.5) is 0 Å². The average molecular weight is 256 g/mol. The number of rotatable bonds is 4. The summed E-state index contributed by atoms with van der Waals surface area (Å²) in [5, 5.41) is 11.0. The number of hydrogen-bond acceptors (Lipinski definition) is 3. The Balaban J connectivity index is 2.33. The van der Waals surface area contributed by atoms with Crippen LogP contribution in [0.2, 0.25) is 5.02 Å². The van der Waals surface area contributed by atoms with Crippen molar-refractivity contribution in [1.82, 2.24) is 0 Å². The second-order valence-electron chi connectivity index (χ2n) is 4.61. The molecule has 0 radical (unpaired) electrons. The van der Waals surface area contributed by atoms with Gasteiger partial charge < -0.3 is 15.6 Å². The fourth-order valence-corrected chi connectivity index (χ4v) is 2.44. The molecule has 2 rings (SSSR count). The van der Waals surface area contributed by atoms with Crippen LogP contribution in [-0.2, 0) is 12.8 Å². The number of aliphatic hydroxyl groups is 1. The molecular formula is C13H18ClNO2. The molecule has 4 heteroatoms. The maximum atomic E-state index is 10.3. The predicted octanol–water partition coefficient (Wildman–Crippen LogP) is 1.92. The zero-order valence-corrected chi connectivity index (χ0v) is 10.8. The molecule has 0 saturated carbocycles. The first-order valence-corrected chi connectivity index (χ1v) is 6.32. The molecule has 0 spiro atoms. The predicted molar refractivity (Wildman–Crippen MR) is 68.7 cm³/mol. The smallest absolute Gasteiger partial charge is 0.126 e. The van der Waals surface area contributed by atoms with E-state index in [9.17, 15) is 5.11 Å². The van der Waals surface area contributed by atoms with E-state index >= 15 is 0 Å². The van der Waals surface area contributed by atoms with Gasteiger partial charge in [-0.25, -0.2) is 0 Å². The standard InChI is InChI=1S/C13H18ClNO2/c1-2-13(16,8-15)7-10-6-11(14)5-9-3-4-17-12(9)10/h5-6,16H,2-4,7-8,15H2,1H3. The van der Waals surface area contributed by atoms with E-state index in [4.69, 9.17) is 22.1 Å². The van der Waals surface area contributed by atoms with E-state index in [1.165, 1.54) is 0 Å². The van der Waals surface area contributed by atoms with E-state index in [0.29, 0.717) is 24.5 Å². The van der Waals surface area contributed by atoms with Crippen LogP contribution < -0.4 is 10.5 Å². The summed E-state index contributed by atoms with van der Waals surface area (Å²) in [5.41, 5.74) is 6.84. The molecule has 0 amide bonds. The van der Waals surface area contributed by atoms with E-state index in [0.717, 1.165) is 23.3 Å². The van der Waals surface area contributed by atoms with Gasteiger partial charge in [-0.2, -0.15) is 0 Å². The van der Waals surface area contributed by atoms with Crippen LogP contribution >= 0.6 is 11.6 Å². The van der Waals surface area contributed by atoms with Crippen molar-refractivity contribution in [2.24, 2.45) is 5.73 Å². The monoisotopic (exact) mass is 255 g/mol. The lowest BCUT2D eigenvalue weighted by Gasteiger charge is -2.25. The zero-order valence-electron chi connectivity index (χ0n) is 10.0. The highest BCUT2D eigenvalue weighted by atomic mass is 35.5. The van der Waals surface area contributed by atoms with Crippen molar-refractivity contribution in [1.29, 1.82) is 0 Å². The van der Waals surface area contributed by atoms with Crippen LogP contribution in [0.5, 0.6) is 5.75 Å². The van der Waals surface area contributed by atoms with Crippen LogP contribution in [0.15, 0.2) is 12.1 Å². The minimum Gasteiger partial charge on any atom is -0.493 e. The molecule has 1 aliphatic heterocycles. The van der Waals surface area contributed by atoms with Crippen molar-refractivity contribution in [3.05, 3.63) is 28.3 Å². The lowest BCUT2D eigenvalue weighted by molar-refractivity contribution is 0.0450. The van der Waals surface area contributed by atoms with E-state index < -0.39 is 5.60 Å². The van der Waals surface area contributed by atoms with Gasteiger partial charge in [0.25, 0.3) is 0 Å². The third-order valence-corrected chi connectivity index (χ3v) is 3.60. The summed E-state index contributed by atoms with van der Waals surface area (Å²) in [6.45, 7) is 2.86. The molecule has 1 aromatic carbocycles. The van der Waals surface area contributed by atoms with Gasteiger partial charge in [-0.15, -0.1) is 0 Å². The van der Waals surface area contributed by atoms with E-state index in [1.54, 1.807) is 0 Å². The van der Waals surface area contributed by atoms with Crippen LogP contribution in [0, 0.1) is 0 Å². The third-order valence-electron chi connectivity index (χ3n) is 3.38. The van der Waals surface area contributed by atoms with Crippen LogP contribution in [0.25, 0.3) is 0 Å². The summed E-state index contributed by atoms with van der Waals surface area (Å²) in [7, 11) is 0. The quantitative estimate of drug-likeness (QED) is 0.864. The lowest BCUT2D eigenvalue weighted by atomic mass is 9.91. The second kappa shape index (κ2) is 4.84. The lowest BCUT2D eigenvalue weighted by Crippen LogP contribution is -2.39. The van der Waals surface area contributed by atoms with Gasteiger partial charge in [0.1, 0.15) is 5.75 Å². The number of hydrogen-bond donors (Lipinski definition) is 2. The minimum absolute atomic E-state index is 0.241. The molecule has 3 N–H and O–H groups in total. The Morgan fingerprint density at radius 1 is 1.53 bits per heavy atom. The Hall–Kier alpha value is -0.770. The zero-order chi connectivity index (χ0) is 12.5. The first kappa shape index (κ1) is 12.7. The first-order valence-electron chi connectivity index (χ1n) is 5.94. The van der Waals surface area contributed by atoms with Gasteiger partial charge in [-0.1, -0.05) is 18.5 Å². The summed E-state index contributed by atoms with van der Waals surface area (Å²) >= 11 is 6.08. The van der Waals surface area contributed by atoms with Crippen molar-refractivity contribution < 1.29 is 9.84 Å². The Morgan fingerprint density at radius 2 is 2.29 bits per heavy atom. The highest BCUT2D eigenvalue weighted by Gasteiger charge is 2.27. The van der Waals surface area contributed by atoms with Gasteiger partial charge in [-0.3, -0.25) is 0 Å². The molecule has 1 aliphatic rings. The highest BCUT2D eigenvalue weighted by molar-refractivity contribution is 6.30. The molecule has 3 nitrogen and oxygen atoms in total. The van der Waals surface area contributed by atoms with Crippen molar-refractivity contribution >= 4 is 11.6 Å². The number of benzene rings is 1. The molecule has 0 aromatic heterocycles. The molecule has 0 saturated heterocycles. The molecule has 0 bridgehead atoms. The highest BCUT2D eigenvalue weighted by Crippen LogP contribution is 2.35. The Kier molecular flexibility index (Phi) is 3.61. The normalized spacial score (nSPS) is 17.4. The van der Waals surface area contributed by atoms with E-state index in [2.05, 4.69) is 0 Å². The van der Waals surface area contributed by atoms with Gasteiger partial charge in [0, 0.05) is 24.4 Å². The molecule has 1 aromatic rings. The van der Waals surface area contributed by atoms with Crippen molar-refractivity contribution in [3.63, 3.8) is 0 Å². The number of fused-ring (bicyclic) bond motifs is 1. The Morgan fingerprint density at radius 3 is 2.94 bits per heavy atom. The summed E-state index contributed by atoms with van der Waals surface area (Å²) in [6.07, 6.45) is 1.99. The number of ether oxygens (including phenoxy) is 1. The Labute approximate surface area is 107 Å². The van der Waals surface area contributed by atoms with Gasteiger partial charge in [-0.05, 0) is 29.7 Å². The number of nitrogens with two attached hydrogens (primary N) is 1. The maximum absolute atomic E-state index is 10.3. The SMILES string of the molecule is CCC(O)(CN)Cc1cc(Cl)cc2c1OCC2. The first-order chi connectivity index (χ1) is 8.08. The maximum Gasteiger partial charge on any atom is 0.126 e. The van der Waals surface area contributed by atoms with Crippen LogP contribution in [-0.4, -0.2) is 23.9 Å². The van der Waals surface area contributed by atoms with Gasteiger partial charge in [0.05, 0.1) is 12.2 Å². The molecule has 0 aliphatic carbocycles. The number of halogens is 1. The molecule has 1 heterocycles. The van der Waals surface area contributed by atoms with E-state index in [1.807, 2.05) is 19.1 Å². The topological polar surface area (TPSA) is 55.5 Å². The average Bonchev–Trinajstić information content (AvgIpc) is 2.77. The largest absolute Gasteiger partial charge is 0.493 e. The van der Waals surface area contributed by atoms with Gasteiger partial charge >= 0.3 is 0 Å². The van der Waals surface area contributed by atoms with Crippen molar-refractivity contribution in [2.45, 2.75) is 31.8 Å². The minimum atomic E-state index is -0.871. The molecule has 94 valence electrons. The summed E-state index contributed by atoms with van der Waals surface area (Å²) < 4.78 is 5.61. The molecule has 0 fully saturated rings. The summed E-state index contributed by atoms with van der Waals surface area (Å²) in [5.74, 6) is 0.884. The van der Waals surface area contributed by atoms with Gasteiger partial charge in [0.2, 0.25) is 0 Å². The summed E-state index contributed by atoms with van der Waals surface area (Å²) in [6, 6.07) is 3.79. The fraction of sp³-hybridized carbons (Fsp3) is 0.538. The summed E-state index contributed by atoms with van der Waals surface area (Å²) in [4.78, 5) is 0. The molecular weight excluding hydrogens is 238 g/mol. The molecule has 1 unspecified atom stereocenters. The van der Waals surface area contributed by atoms with Crippen LogP contribution in [0.3, 0.4) is 0 Å². The second-order valence-corrected chi connectivity index (χ2v) is 5.05. The third kappa shape index (κ3) is 2.57. The fourth-order valence-electron chi connectivity index (χ4n) is 2.17. The van der Waals surface area contributed by atoms with Crippen molar-refractivity contribution in [2.75, 3.05) is 13.2 Å². The van der Waals surface area contributed by atoms with E-state index in [-0.39, 0.29) is 6.54 Å². The molecule has 17 heavy (non-hydrogen) atoms. The van der Waals surface area contributed by atoms with Gasteiger partial charge in [0.15, 0.2) is 0 Å². The van der Waals surface area contributed by atoms with Crippen LogP contribution in [0.1, 0.15) is 24.5 Å².